The van der Waals surface area contributed by atoms with E-state index in [2.05, 4.69) is 20.6 Å². The minimum Gasteiger partial charge on any atom is -0.439 e. The van der Waals surface area contributed by atoms with Crippen LogP contribution in [0, 0.1) is 11.7 Å². The van der Waals surface area contributed by atoms with Gasteiger partial charge in [-0.15, -0.1) is 0 Å². The number of aromatic nitrogens is 1. The Hall–Kier alpha value is -3.16. The Morgan fingerprint density at radius 2 is 2.20 bits per heavy atom. The molecule has 0 radical (unpaired) electrons. The van der Waals surface area contributed by atoms with E-state index in [-0.39, 0.29) is 23.7 Å². The number of hydrogen-bond donors (Lipinski definition) is 2. The quantitative estimate of drug-likeness (QED) is 0.562. The molecule has 1 amide bonds. The molecule has 1 unspecified atom stereocenters. The molecular formula is C22H28FN5O2. The minimum atomic E-state index is -0.366. The number of carbonyl (C=O) groups excluding carboxylic acids is 1. The Kier molecular flexibility index (Phi) is 7.21. The van der Waals surface area contributed by atoms with Gasteiger partial charge >= 0.3 is 0 Å². The molecule has 1 aliphatic rings. The largest absolute Gasteiger partial charge is 0.439 e. The number of likely N-dealkylation sites (tertiary alicyclic amines) is 1. The molecule has 1 aromatic carbocycles. The van der Waals surface area contributed by atoms with E-state index >= 15 is 0 Å². The van der Waals surface area contributed by atoms with Crippen LogP contribution in [0.3, 0.4) is 0 Å². The van der Waals surface area contributed by atoms with E-state index in [9.17, 15) is 9.18 Å². The number of pyridine rings is 1. The van der Waals surface area contributed by atoms with Crippen molar-refractivity contribution < 1.29 is 13.9 Å². The van der Waals surface area contributed by atoms with Gasteiger partial charge in [0.1, 0.15) is 11.6 Å². The fourth-order valence-corrected chi connectivity index (χ4v) is 3.30. The van der Waals surface area contributed by atoms with E-state index in [0.29, 0.717) is 30.7 Å². The molecule has 1 fully saturated rings. The summed E-state index contributed by atoms with van der Waals surface area (Å²) >= 11 is 0. The van der Waals surface area contributed by atoms with Crippen molar-refractivity contribution in [3.8, 4) is 11.6 Å². The smallest absolute Gasteiger partial charge is 0.225 e. The highest BCUT2D eigenvalue weighted by Crippen LogP contribution is 2.23. The van der Waals surface area contributed by atoms with Crippen molar-refractivity contribution in [3.63, 3.8) is 0 Å². The number of aliphatic imine (C=N–C) groups is 1. The molecular weight excluding hydrogens is 385 g/mol. The molecule has 160 valence electrons. The maximum atomic E-state index is 13.4. The molecule has 2 heterocycles. The van der Waals surface area contributed by atoms with Crippen LogP contribution in [0.2, 0.25) is 0 Å². The zero-order valence-corrected chi connectivity index (χ0v) is 17.6. The van der Waals surface area contributed by atoms with Crippen molar-refractivity contribution in [2.24, 2.45) is 10.9 Å². The zero-order chi connectivity index (χ0) is 21.5. The maximum absolute atomic E-state index is 13.4. The van der Waals surface area contributed by atoms with E-state index in [1.165, 1.54) is 12.1 Å². The van der Waals surface area contributed by atoms with Gasteiger partial charge in [0.25, 0.3) is 0 Å². The van der Waals surface area contributed by atoms with E-state index < -0.39 is 0 Å². The second kappa shape index (κ2) is 10.0. The standard InChI is InChI=1S/C22H28FN5O2/c1-15(2)21(29)28-11-9-18(14-28)27-22(24-3)26-13-16-6-5-10-25-20(16)30-19-8-4-7-17(23)12-19/h4-8,10,12,15,18H,9,11,13-14H2,1-3H3,(H2,24,26,27). The molecule has 0 spiro atoms. The summed E-state index contributed by atoms with van der Waals surface area (Å²) in [6.07, 6.45) is 2.50. The lowest BCUT2D eigenvalue weighted by Gasteiger charge is -2.20. The van der Waals surface area contributed by atoms with Crippen LogP contribution in [0.25, 0.3) is 0 Å². The molecule has 0 aliphatic carbocycles. The number of benzene rings is 1. The molecule has 8 heteroatoms. The van der Waals surface area contributed by atoms with Gasteiger partial charge in [0.15, 0.2) is 5.96 Å². The fraction of sp³-hybridized carbons (Fsp3) is 0.409. The van der Waals surface area contributed by atoms with Crippen molar-refractivity contribution in [2.45, 2.75) is 32.9 Å². The first-order valence-electron chi connectivity index (χ1n) is 10.1. The van der Waals surface area contributed by atoms with E-state index in [1.807, 2.05) is 30.9 Å². The summed E-state index contributed by atoms with van der Waals surface area (Å²) in [7, 11) is 1.70. The maximum Gasteiger partial charge on any atom is 0.225 e. The number of halogens is 1. The van der Waals surface area contributed by atoms with Gasteiger partial charge in [0, 0.05) is 56.5 Å². The number of ether oxygens (including phenoxy) is 1. The summed E-state index contributed by atoms with van der Waals surface area (Å²) in [5.74, 6) is 1.24. The van der Waals surface area contributed by atoms with E-state index in [1.54, 1.807) is 25.4 Å². The lowest BCUT2D eigenvalue weighted by molar-refractivity contribution is -0.133. The molecule has 1 atom stereocenters. The third-order valence-electron chi connectivity index (χ3n) is 4.87. The third kappa shape index (κ3) is 5.68. The number of nitrogens with one attached hydrogen (secondary N) is 2. The van der Waals surface area contributed by atoms with Crippen molar-refractivity contribution >= 4 is 11.9 Å². The Bertz CT molecular complexity index is 903. The number of amides is 1. The van der Waals surface area contributed by atoms with Gasteiger partial charge in [-0.1, -0.05) is 26.0 Å². The van der Waals surface area contributed by atoms with Gasteiger partial charge < -0.3 is 20.3 Å². The molecule has 30 heavy (non-hydrogen) atoms. The molecule has 3 rings (SSSR count). The highest BCUT2D eigenvalue weighted by Gasteiger charge is 2.28. The summed E-state index contributed by atoms with van der Waals surface area (Å²) < 4.78 is 19.2. The number of hydrogen-bond acceptors (Lipinski definition) is 4. The highest BCUT2D eigenvalue weighted by atomic mass is 19.1. The van der Waals surface area contributed by atoms with Crippen molar-refractivity contribution in [2.75, 3.05) is 20.1 Å². The summed E-state index contributed by atoms with van der Waals surface area (Å²) in [6, 6.07) is 9.81. The second-order valence-corrected chi connectivity index (χ2v) is 7.52. The van der Waals surface area contributed by atoms with Gasteiger partial charge in [-0.2, -0.15) is 0 Å². The normalized spacial score (nSPS) is 16.6. The molecule has 0 bridgehead atoms. The molecule has 1 aliphatic heterocycles. The zero-order valence-electron chi connectivity index (χ0n) is 17.6. The predicted octanol–water partition coefficient (Wildman–Crippen LogP) is 2.93. The average molecular weight is 413 g/mol. The van der Waals surface area contributed by atoms with Crippen LogP contribution in [0.4, 0.5) is 4.39 Å². The number of nitrogens with zero attached hydrogens (tertiary/aromatic N) is 3. The Balaban J connectivity index is 1.57. The molecule has 1 aromatic heterocycles. The lowest BCUT2D eigenvalue weighted by atomic mass is 10.2. The van der Waals surface area contributed by atoms with Crippen LogP contribution < -0.4 is 15.4 Å². The predicted molar refractivity (Wildman–Crippen MR) is 114 cm³/mol. The first-order chi connectivity index (χ1) is 14.5. The molecule has 2 N–H and O–H groups in total. The summed E-state index contributed by atoms with van der Waals surface area (Å²) in [4.78, 5) is 22.6. The second-order valence-electron chi connectivity index (χ2n) is 7.52. The lowest BCUT2D eigenvalue weighted by Crippen LogP contribution is -2.45. The number of guanidine groups is 1. The van der Waals surface area contributed by atoms with Gasteiger partial charge in [-0.05, 0) is 24.6 Å². The van der Waals surface area contributed by atoms with E-state index in [0.717, 1.165) is 18.5 Å². The number of carbonyl (C=O) groups is 1. The van der Waals surface area contributed by atoms with Crippen LogP contribution in [-0.4, -0.2) is 47.9 Å². The van der Waals surface area contributed by atoms with Gasteiger partial charge in [0.2, 0.25) is 11.8 Å². The van der Waals surface area contributed by atoms with Gasteiger partial charge in [-0.3, -0.25) is 9.79 Å². The van der Waals surface area contributed by atoms with Crippen LogP contribution in [0.15, 0.2) is 47.6 Å². The molecule has 1 saturated heterocycles. The van der Waals surface area contributed by atoms with Crippen LogP contribution in [0.5, 0.6) is 11.6 Å². The van der Waals surface area contributed by atoms with Gasteiger partial charge in [0.05, 0.1) is 0 Å². The summed E-state index contributed by atoms with van der Waals surface area (Å²) in [5.41, 5.74) is 0.813. The first kappa shape index (κ1) is 21.5. The summed E-state index contributed by atoms with van der Waals surface area (Å²) in [5, 5.41) is 6.63. The fourth-order valence-electron chi connectivity index (χ4n) is 3.30. The SMILES string of the molecule is CN=C(NCc1cccnc1Oc1cccc(F)c1)NC1CCN(C(=O)C(C)C)C1. The van der Waals surface area contributed by atoms with Crippen molar-refractivity contribution in [1.29, 1.82) is 0 Å². The highest BCUT2D eigenvalue weighted by molar-refractivity contribution is 5.81. The van der Waals surface area contributed by atoms with Crippen molar-refractivity contribution in [1.82, 2.24) is 20.5 Å². The Morgan fingerprint density at radius 1 is 1.37 bits per heavy atom. The Labute approximate surface area is 176 Å². The molecule has 2 aromatic rings. The van der Waals surface area contributed by atoms with Crippen LogP contribution >= 0.6 is 0 Å². The number of rotatable bonds is 6. The van der Waals surface area contributed by atoms with Crippen LogP contribution in [-0.2, 0) is 11.3 Å². The minimum absolute atomic E-state index is 0.00304. The molecule has 7 nitrogen and oxygen atoms in total. The monoisotopic (exact) mass is 413 g/mol. The van der Waals surface area contributed by atoms with Crippen LogP contribution in [0.1, 0.15) is 25.8 Å². The molecule has 0 saturated carbocycles. The average Bonchev–Trinajstić information content (AvgIpc) is 3.20. The Morgan fingerprint density at radius 3 is 2.93 bits per heavy atom. The first-order valence-corrected chi connectivity index (χ1v) is 10.1. The third-order valence-corrected chi connectivity index (χ3v) is 4.87. The topological polar surface area (TPSA) is 78.9 Å². The van der Waals surface area contributed by atoms with Gasteiger partial charge in [-0.25, -0.2) is 9.37 Å². The summed E-state index contributed by atoms with van der Waals surface area (Å²) in [6.45, 7) is 5.68. The van der Waals surface area contributed by atoms with E-state index in [4.69, 9.17) is 4.74 Å². The van der Waals surface area contributed by atoms with Crippen molar-refractivity contribution in [3.05, 3.63) is 54.0 Å².